The maximum absolute atomic E-state index is 12.1. The monoisotopic (exact) mass is 318 g/mol. The summed E-state index contributed by atoms with van der Waals surface area (Å²) in [5, 5.41) is 4.40. The van der Waals surface area contributed by atoms with Crippen LogP contribution in [0.15, 0.2) is 39.9 Å². The average molecular weight is 319 g/mol. The van der Waals surface area contributed by atoms with Crippen LogP contribution in [0.5, 0.6) is 0 Å². The molecule has 3 rings (SSSR count). The summed E-state index contributed by atoms with van der Waals surface area (Å²) in [4.78, 5) is 12.1. The Morgan fingerprint density at radius 1 is 1.26 bits per heavy atom. The van der Waals surface area contributed by atoms with Crippen LogP contribution in [0.1, 0.15) is 25.3 Å². The molecule has 98 valence electrons. The summed E-state index contributed by atoms with van der Waals surface area (Å²) in [7, 11) is 0. The van der Waals surface area contributed by atoms with Gasteiger partial charge in [-0.25, -0.2) is 0 Å². The van der Waals surface area contributed by atoms with Crippen LogP contribution < -0.4 is 5.43 Å². The van der Waals surface area contributed by atoms with Gasteiger partial charge in [-0.3, -0.25) is 10.2 Å². The van der Waals surface area contributed by atoms with Gasteiger partial charge in [-0.05, 0) is 36.1 Å². The maximum atomic E-state index is 12.1. The molecule has 1 aliphatic carbocycles. The van der Waals surface area contributed by atoms with Gasteiger partial charge >= 0.3 is 0 Å². The first-order valence-electron chi connectivity index (χ1n) is 6.46. The van der Waals surface area contributed by atoms with E-state index >= 15 is 0 Å². The second-order valence-electron chi connectivity index (χ2n) is 5.26. The Labute approximate surface area is 120 Å². The van der Waals surface area contributed by atoms with Gasteiger partial charge < -0.3 is 0 Å². The van der Waals surface area contributed by atoms with Crippen LogP contribution in [-0.4, -0.2) is 11.5 Å². The standard InChI is InChI=1S/C15H15BrN2O/c1-9-6-14-12(15(19)7-9)8-13(17-18-14)10-2-4-11(16)5-3-10/h2-5,8-9,12,17H,6-7H2,1H3. The lowest BCUT2D eigenvalue weighted by Crippen LogP contribution is -2.35. The molecule has 1 aromatic carbocycles. The number of nitrogens with zero attached hydrogens (tertiary/aromatic N) is 1. The van der Waals surface area contributed by atoms with Crippen LogP contribution in [0, 0.1) is 11.8 Å². The molecule has 0 amide bonds. The van der Waals surface area contributed by atoms with Gasteiger partial charge in [0.25, 0.3) is 0 Å². The second-order valence-corrected chi connectivity index (χ2v) is 6.18. The number of allylic oxidation sites excluding steroid dienone is 1. The number of hydrogen-bond acceptors (Lipinski definition) is 3. The number of hydrazone groups is 1. The van der Waals surface area contributed by atoms with Crippen LogP contribution >= 0.6 is 15.9 Å². The Morgan fingerprint density at radius 3 is 2.74 bits per heavy atom. The van der Waals surface area contributed by atoms with Crippen molar-refractivity contribution in [3.05, 3.63) is 40.4 Å². The summed E-state index contributed by atoms with van der Waals surface area (Å²) in [5.74, 6) is 0.566. The molecule has 0 saturated heterocycles. The van der Waals surface area contributed by atoms with E-state index in [4.69, 9.17) is 0 Å². The van der Waals surface area contributed by atoms with Crippen LogP contribution in [0.2, 0.25) is 0 Å². The highest BCUT2D eigenvalue weighted by Gasteiger charge is 2.32. The molecule has 0 bridgehead atoms. The third-order valence-electron chi connectivity index (χ3n) is 3.62. The zero-order chi connectivity index (χ0) is 13.4. The quantitative estimate of drug-likeness (QED) is 0.862. The minimum Gasteiger partial charge on any atom is -0.299 e. The molecular formula is C15H15BrN2O. The molecule has 2 unspecified atom stereocenters. The number of fused-ring (bicyclic) bond motifs is 1. The number of Topliss-reactive ketones (excluding diaryl/α,β-unsaturated/α-hetero) is 1. The van der Waals surface area contributed by atoms with Crippen molar-refractivity contribution in [1.82, 2.24) is 5.43 Å². The van der Waals surface area contributed by atoms with E-state index in [0.29, 0.717) is 12.3 Å². The van der Waals surface area contributed by atoms with Gasteiger partial charge in [-0.2, -0.15) is 5.10 Å². The van der Waals surface area contributed by atoms with E-state index in [1.165, 1.54) is 0 Å². The normalized spacial score (nSPS) is 26.1. The fourth-order valence-electron chi connectivity index (χ4n) is 2.64. The summed E-state index contributed by atoms with van der Waals surface area (Å²) in [5.41, 5.74) is 6.03. The number of carbonyl (C=O) groups excluding carboxylic acids is 1. The summed E-state index contributed by atoms with van der Waals surface area (Å²) in [6.45, 7) is 2.10. The molecule has 19 heavy (non-hydrogen) atoms. The average Bonchev–Trinajstić information content (AvgIpc) is 2.39. The molecule has 4 heteroatoms. The van der Waals surface area contributed by atoms with Crippen LogP contribution in [0.25, 0.3) is 5.70 Å². The van der Waals surface area contributed by atoms with Crippen molar-refractivity contribution in [2.24, 2.45) is 16.9 Å². The molecule has 3 nitrogen and oxygen atoms in total. The molecule has 0 radical (unpaired) electrons. The molecule has 1 aliphatic heterocycles. The summed E-state index contributed by atoms with van der Waals surface area (Å²) in [6.07, 6.45) is 3.58. The Kier molecular flexibility index (Phi) is 3.27. The fourth-order valence-corrected chi connectivity index (χ4v) is 2.91. The third kappa shape index (κ3) is 2.50. The first-order valence-corrected chi connectivity index (χ1v) is 7.25. The minimum atomic E-state index is -0.129. The lowest BCUT2D eigenvalue weighted by Gasteiger charge is -2.28. The van der Waals surface area contributed by atoms with Crippen molar-refractivity contribution in [3.63, 3.8) is 0 Å². The summed E-state index contributed by atoms with van der Waals surface area (Å²) >= 11 is 3.42. The first-order chi connectivity index (χ1) is 9.13. The fraction of sp³-hybridized carbons (Fsp3) is 0.333. The van der Waals surface area contributed by atoms with E-state index in [9.17, 15) is 4.79 Å². The van der Waals surface area contributed by atoms with Gasteiger partial charge in [-0.1, -0.05) is 35.0 Å². The third-order valence-corrected chi connectivity index (χ3v) is 4.15. The number of nitrogens with one attached hydrogen (secondary N) is 1. The van der Waals surface area contributed by atoms with Crippen molar-refractivity contribution < 1.29 is 4.79 Å². The molecule has 1 heterocycles. The maximum Gasteiger partial charge on any atom is 0.145 e. The number of hydrogen-bond donors (Lipinski definition) is 1. The molecule has 0 spiro atoms. The van der Waals surface area contributed by atoms with Gasteiger partial charge in [0.1, 0.15) is 5.78 Å². The molecule has 2 aliphatic rings. The minimum absolute atomic E-state index is 0.129. The number of rotatable bonds is 1. The van der Waals surface area contributed by atoms with Crippen molar-refractivity contribution >= 4 is 33.1 Å². The van der Waals surface area contributed by atoms with E-state index in [0.717, 1.165) is 27.9 Å². The number of carbonyl (C=O) groups is 1. The van der Waals surface area contributed by atoms with Crippen molar-refractivity contribution in [1.29, 1.82) is 0 Å². The van der Waals surface area contributed by atoms with Crippen molar-refractivity contribution in [3.8, 4) is 0 Å². The van der Waals surface area contributed by atoms with E-state index in [2.05, 4.69) is 33.4 Å². The zero-order valence-corrected chi connectivity index (χ0v) is 12.3. The lowest BCUT2D eigenvalue weighted by atomic mass is 9.79. The number of halogens is 1. The summed E-state index contributed by atoms with van der Waals surface area (Å²) in [6, 6.07) is 8.00. The van der Waals surface area contributed by atoms with Gasteiger partial charge in [0.05, 0.1) is 17.3 Å². The SMILES string of the molecule is CC1CC(=O)C2C=C(c3ccc(Br)cc3)NN=C2C1. The highest BCUT2D eigenvalue weighted by atomic mass is 79.9. The molecule has 1 N–H and O–H groups in total. The Balaban J connectivity index is 1.89. The number of ketones is 1. The Morgan fingerprint density at radius 2 is 2.00 bits per heavy atom. The van der Waals surface area contributed by atoms with Gasteiger partial charge in [0.2, 0.25) is 0 Å². The number of benzene rings is 1. The Hall–Kier alpha value is -1.42. The molecule has 1 aromatic rings. The van der Waals surface area contributed by atoms with E-state index in [-0.39, 0.29) is 11.7 Å². The highest BCUT2D eigenvalue weighted by Crippen LogP contribution is 2.29. The van der Waals surface area contributed by atoms with Crippen molar-refractivity contribution in [2.75, 3.05) is 0 Å². The topological polar surface area (TPSA) is 41.5 Å². The first kappa shape index (κ1) is 12.6. The van der Waals surface area contributed by atoms with Crippen molar-refractivity contribution in [2.45, 2.75) is 19.8 Å². The molecule has 1 fully saturated rings. The molecule has 2 atom stereocenters. The largest absolute Gasteiger partial charge is 0.299 e. The smallest absolute Gasteiger partial charge is 0.145 e. The zero-order valence-electron chi connectivity index (χ0n) is 10.7. The second kappa shape index (κ2) is 4.93. The van der Waals surface area contributed by atoms with E-state index < -0.39 is 0 Å². The van der Waals surface area contributed by atoms with Gasteiger partial charge in [-0.15, -0.1) is 0 Å². The lowest BCUT2D eigenvalue weighted by molar-refractivity contribution is -0.121. The van der Waals surface area contributed by atoms with E-state index in [1.807, 2.05) is 30.3 Å². The van der Waals surface area contributed by atoms with Crippen LogP contribution in [-0.2, 0) is 4.79 Å². The van der Waals surface area contributed by atoms with Gasteiger partial charge in [0, 0.05) is 10.9 Å². The molecule has 1 saturated carbocycles. The van der Waals surface area contributed by atoms with E-state index in [1.54, 1.807) is 0 Å². The summed E-state index contributed by atoms with van der Waals surface area (Å²) < 4.78 is 1.04. The predicted molar refractivity (Wildman–Crippen MR) is 79.6 cm³/mol. The van der Waals surface area contributed by atoms with Gasteiger partial charge in [0.15, 0.2) is 0 Å². The Bertz CT molecular complexity index is 574. The molecular weight excluding hydrogens is 304 g/mol. The molecule has 0 aromatic heterocycles. The van der Waals surface area contributed by atoms with Crippen LogP contribution in [0.3, 0.4) is 0 Å². The highest BCUT2D eigenvalue weighted by molar-refractivity contribution is 9.10. The predicted octanol–water partition coefficient (Wildman–Crippen LogP) is 3.36. The van der Waals surface area contributed by atoms with Crippen LogP contribution in [0.4, 0.5) is 0 Å².